The van der Waals surface area contributed by atoms with Gasteiger partial charge in [-0.3, -0.25) is 0 Å². The predicted molar refractivity (Wildman–Crippen MR) is 99.5 cm³/mol. The number of anilines is 1. The molecule has 2 aromatic rings. The van der Waals surface area contributed by atoms with Gasteiger partial charge >= 0.3 is 12.4 Å². The molecule has 2 atom stereocenters. The molecule has 0 saturated carbocycles. The average molecular weight is 459 g/mol. The molecular weight excluding hydrogens is 444 g/mol. The van der Waals surface area contributed by atoms with Crippen LogP contribution in [0.4, 0.5) is 32.0 Å². The Morgan fingerprint density at radius 2 is 1.84 bits per heavy atom. The summed E-state index contributed by atoms with van der Waals surface area (Å²) in [5, 5.41) is 20.2. The maximum atomic E-state index is 13.5. The van der Waals surface area contributed by atoms with Crippen LogP contribution in [0.3, 0.4) is 0 Å². The minimum absolute atomic E-state index is 0.293. The third kappa shape index (κ3) is 5.23. The van der Waals surface area contributed by atoms with Crippen LogP contribution < -0.4 is 9.64 Å². The zero-order chi connectivity index (χ0) is 23.5. The van der Waals surface area contributed by atoms with Crippen molar-refractivity contribution in [3.63, 3.8) is 0 Å². The van der Waals surface area contributed by atoms with Crippen molar-refractivity contribution in [3.05, 3.63) is 59.2 Å². The fourth-order valence-electron chi connectivity index (χ4n) is 3.15. The first-order valence-corrected chi connectivity index (χ1v) is 9.03. The van der Waals surface area contributed by atoms with Crippen molar-refractivity contribution in [2.24, 2.45) is 5.16 Å². The molecule has 6 nitrogen and oxygen atoms in total. The summed E-state index contributed by atoms with van der Waals surface area (Å²) in [6.07, 6.45) is -12.2. The number of benzene rings is 2. The number of hydrogen-bond donors (Lipinski definition) is 1. The number of halogens is 6. The third-order valence-electron chi connectivity index (χ3n) is 4.57. The number of nitrogens with zero attached hydrogens (tertiary/aromatic N) is 3. The highest BCUT2D eigenvalue weighted by atomic mass is 19.4. The molecule has 12 heteroatoms. The zero-order valence-electron chi connectivity index (χ0n) is 16.1. The second-order valence-corrected chi connectivity index (χ2v) is 6.77. The second kappa shape index (κ2) is 8.96. The van der Waals surface area contributed by atoms with Crippen LogP contribution in [0.5, 0.6) is 5.75 Å². The van der Waals surface area contributed by atoms with Crippen LogP contribution in [0.2, 0.25) is 0 Å². The van der Waals surface area contributed by atoms with Crippen molar-refractivity contribution in [1.82, 2.24) is 0 Å². The molecule has 0 aromatic heterocycles. The monoisotopic (exact) mass is 459 g/mol. The van der Waals surface area contributed by atoms with Gasteiger partial charge in [0.1, 0.15) is 18.5 Å². The van der Waals surface area contributed by atoms with Crippen molar-refractivity contribution >= 4 is 11.9 Å². The van der Waals surface area contributed by atoms with E-state index in [0.717, 1.165) is 12.1 Å². The Morgan fingerprint density at radius 1 is 1.16 bits per heavy atom. The van der Waals surface area contributed by atoms with E-state index in [2.05, 4.69) is 5.16 Å². The standard InChI is InChI=1S/C20H15F6N3O3/c21-19(22,23)17-7-14(4-3-13(17)8-27)29-10-16(32-18(29)20(24,25)26)11-31-15-5-1-12(2-6-15)9-28-30/h1-7,9,16,18,30H,10-11H2/b28-9+/t16-,18+/m0/s1. The van der Waals surface area contributed by atoms with Crippen LogP contribution in [0.25, 0.3) is 0 Å². The summed E-state index contributed by atoms with van der Waals surface area (Å²) in [5.74, 6) is 0.309. The lowest BCUT2D eigenvalue weighted by atomic mass is 10.1. The fraction of sp³-hybridized carbons (Fsp3) is 0.300. The van der Waals surface area contributed by atoms with Crippen molar-refractivity contribution in [2.45, 2.75) is 24.7 Å². The van der Waals surface area contributed by atoms with Gasteiger partial charge in [0.15, 0.2) is 0 Å². The van der Waals surface area contributed by atoms with E-state index in [9.17, 15) is 26.3 Å². The Balaban J connectivity index is 1.80. The van der Waals surface area contributed by atoms with Gasteiger partial charge in [0.25, 0.3) is 0 Å². The molecule has 1 heterocycles. The van der Waals surface area contributed by atoms with Crippen LogP contribution in [0.15, 0.2) is 47.6 Å². The number of oxime groups is 1. The Hall–Kier alpha value is -3.46. The van der Waals surface area contributed by atoms with Crippen LogP contribution in [0.1, 0.15) is 16.7 Å². The summed E-state index contributed by atoms with van der Waals surface area (Å²) in [5.41, 5.74) is -1.85. The fourth-order valence-corrected chi connectivity index (χ4v) is 3.15. The summed E-state index contributed by atoms with van der Waals surface area (Å²) in [4.78, 5) is 0.658. The summed E-state index contributed by atoms with van der Waals surface area (Å²) < 4.78 is 90.7. The van der Waals surface area contributed by atoms with E-state index in [4.69, 9.17) is 19.9 Å². The average Bonchev–Trinajstić information content (AvgIpc) is 3.17. The van der Waals surface area contributed by atoms with E-state index in [1.165, 1.54) is 24.4 Å². The molecule has 0 spiro atoms. The maximum absolute atomic E-state index is 13.5. The molecule has 0 radical (unpaired) electrons. The number of alkyl halides is 6. The minimum atomic E-state index is -4.91. The molecule has 0 aliphatic carbocycles. The van der Waals surface area contributed by atoms with E-state index in [1.54, 1.807) is 12.1 Å². The van der Waals surface area contributed by atoms with Crippen molar-refractivity contribution < 1.29 is 41.0 Å². The molecule has 3 rings (SSSR count). The first kappa shape index (κ1) is 23.2. The van der Waals surface area contributed by atoms with Crippen molar-refractivity contribution in [3.8, 4) is 11.8 Å². The lowest BCUT2D eigenvalue weighted by Gasteiger charge is -2.27. The van der Waals surface area contributed by atoms with Crippen molar-refractivity contribution in [2.75, 3.05) is 18.1 Å². The molecule has 1 saturated heterocycles. The van der Waals surface area contributed by atoms with Crippen LogP contribution in [-0.2, 0) is 10.9 Å². The minimum Gasteiger partial charge on any atom is -0.491 e. The molecule has 1 fully saturated rings. The van der Waals surface area contributed by atoms with Crippen LogP contribution >= 0.6 is 0 Å². The Kier molecular flexibility index (Phi) is 6.50. The summed E-state index contributed by atoms with van der Waals surface area (Å²) in [6, 6.07) is 9.83. The Bertz CT molecular complexity index is 1020. The summed E-state index contributed by atoms with van der Waals surface area (Å²) >= 11 is 0. The highest BCUT2D eigenvalue weighted by molar-refractivity contribution is 5.79. The largest absolute Gasteiger partial charge is 0.491 e. The number of nitriles is 1. The molecule has 170 valence electrons. The predicted octanol–water partition coefficient (Wildman–Crippen LogP) is 4.56. The SMILES string of the molecule is N#Cc1ccc(N2C[C@@H](COc3ccc(/C=N/O)cc3)O[C@@H]2C(F)(F)F)cc1C(F)(F)F. The van der Waals surface area contributed by atoms with Gasteiger partial charge in [0.2, 0.25) is 6.23 Å². The van der Waals surface area contributed by atoms with E-state index in [0.29, 0.717) is 22.3 Å². The van der Waals surface area contributed by atoms with Crippen LogP contribution in [-0.4, -0.2) is 43.1 Å². The topological polar surface area (TPSA) is 78.1 Å². The molecule has 1 aliphatic heterocycles. The van der Waals surface area contributed by atoms with Gasteiger partial charge in [-0.2, -0.15) is 31.6 Å². The van der Waals surface area contributed by atoms with Gasteiger partial charge < -0.3 is 19.6 Å². The van der Waals surface area contributed by atoms with Gasteiger partial charge in [-0.05, 0) is 48.0 Å². The van der Waals surface area contributed by atoms with E-state index in [1.807, 2.05) is 0 Å². The summed E-state index contributed by atoms with van der Waals surface area (Å²) in [6.45, 7) is -0.679. The molecule has 32 heavy (non-hydrogen) atoms. The normalized spacial score (nSPS) is 19.3. The molecule has 1 N–H and O–H groups in total. The third-order valence-corrected chi connectivity index (χ3v) is 4.57. The molecule has 2 aromatic carbocycles. The number of ether oxygens (including phenoxy) is 2. The second-order valence-electron chi connectivity index (χ2n) is 6.77. The first-order valence-electron chi connectivity index (χ1n) is 9.03. The molecule has 0 unspecified atom stereocenters. The van der Waals surface area contributed by atoms with Gasteiger partial charge in [0.05, 0.1) is 30.0 Å². The van der Waals surface area contributed by atoms with E-state index in [-0.39, 0.29) is 18.8 Å². The lowest BCUT2D eigenvalue weighted by Crippen LogP contribution is -2.42. The van der Waals surface area contributed by atoms with E-state index < -0.39 is 35.8 Å². The van der Waals surface area contributed by atoms with Gasteiger partial charge in [0, 0.05) is 5.69 Å². The highest BCUT2D eigenvalue weighted by Gasteiger charge is 2.51. The van der Waals surface area contributed by atoms with Gasteiger partial charge in [-0.15, -0.1) is 0 Å². The van der Waals surface area contributed by atoms with Gasteiger partial charge in [-0.1, -0.05) is 5.16 Å². The lowest BCUT2D eigenvalue weighted by molar-refractivity contribution is -0.215. The number of hydrogen-bond acceptors (Lipinski definition) is 6. The van der Waals surface area contributed by atoms with Gasteiger partial charge in [-0.25, -0.2) is 0 Å². The molecule has 1 aliphatic rings. The molecule has 0 amide bonds. The van der Waals surface area contributed by atoms with E-state index >= 15 is 0 Å². The smallest absolute Gasteiger partial charge is 0.433 e. The Morgan fingerprint density at radius 3 is 2.41 bits per heavy atom. The quantitative estimate of drug-likeness (QED) is 0.307. The van der Waals surface area contributed by atoms with Crippen molar-refractivity contribution in [1.29, 1.82) is 5.26 Å². The molecule has 0 bridgehead atoms. The highest BCUT2D eigenvalue weighted by Crippen LogP contribution is 2.39. The number of rotatable bonds is 5. The maximum Gasteiger partial charge on any atom is 0.433 e. The Labute approximate surface area is 177 Å². The first-order chi connectivity index (χ1) is 15.0. The summed E-state index contributed by atoms with van der Waals surface area (Å²) in [7, 11) is 0. The molecular formula is C20H15F6N3O3. The van der Waals surface area contributed by atoms with Crippen LogP contribution in [0, 0.1) is 11.3 Å². The zero-order valence-corrected chi connectivity index (χ0v) is 16.1.